The lowest BCUT2D eigenvalue weighted by atomic mass is 10.0. The van der Waals surface area contributed by atoms with Crippen LogP contribution in [0.3, 0.4) is 0 Å². The summed E-state index contributed by atoms with van der Waals surface area (Å²) in [6.45, 7) is 8.21. The molecule has 3 atom stereocenters. The minimum atomic E-state index is -1.01. The zero-order valence-corrected chi connectivity index (χ0v) is 21.8. The van der Waals surface area contributed by atoms with Crippen LogP contribution in [0.1, 0.15) is 39.5 Å². The van der Waals surface area contributed by atoms with Crippen molar-refractivity contribution in [3.05, 3.63) is 59.3 Å². The van der Waals surface area contributed by atoms with Gasteiger partial charge in [0.1, 0.15) is 18.0 Å². The average Bonchev–Trinajstić information content (AvgIpc) is 2.89. The number of unbranched alkanes of at least 4 members (excludes halogenated alkanes) is 1. The van der Waals surface area contributed by atoms with Gasteiger partial charge in [-0.25, -0.2) is 4.39 Å². The number of likely N-dealkylation sites (tertiary alicyclic amines) is 1. The molecule has 0 spiro atoms. The fraction of sp³-hybridized carbons (Fsp3) is 0.517. The predicted molar refractivity (Wildman–Crippen MR) is 144 cm³/mol. The Kier molecular flexibility index (Phi) is 9.10. The summed E-state index contributed by atoms with van der Waals surface area (Å²) in [5.74, 6) is 1.21. The van der Waals surface area contributed by atoms with Gasteiger partial charge in [-0.2, -0.15) is 0 Å². The van der Waals surface area contributed by atoms with Crippen LogP contribution in [0.25, 0.3) is 21.9 Å². The van der Waals surface area contributed by atoms with E-state index in [-0.39, 0.29) is 5.56 Å². The van der Waals surface area contributed by atoms with Crippen LogP contribution in [0.15, 0.2) is 53.7 Å². The zero-order valence-electron chi connectivity index (χ0n) is 21.8. The molecule has 3 heterocycles. The van der Waals surface area contributed by atoms with Gasteiger partial charge in [-0.3, -0.25) is 14.7 Å². The third-order valence-electron chi connectivity index (χ3n) is 7.12. The van der Waals surface area contributed by atoms with Gasteiger partial charge in [-0.1, -0.05) is 32.4 Å². The molecule has 0 radical (unpaired) electrons. The number of ether oxygens (including phenoxy) is 1. The fourth-order valence-corrected chi connectivity index (χ4v) is 5.02. The van der Waals surface area contributed by atoms with E-state index in [2.05, 4.69) is 29.0 Å². The molecule has 0 bridgehead atoms. The molecule has 1 aliphatic heterocycles. The van der Waals surface area contributed by atoms with Crippen LogP contribution in [-0.4, -0.2) is 60.0 Å². The van der Waals surface area contributed by atoms with E-state index < -0.39 is 12.3 Å². The first-order valence-corrected chi connectivity index (χ1v) is 13.3. The summed E-state index contributed by atoms with van der Waals surface area (Å²) >= 11 is 0. The van der Waals surface area contributed by atoms with Crippen molar-refractivity contribution in [1.29, 1.82) is 0 Å². The number of piperidine rings is 1. The Morgan fingerprint density at radius 2 is 2.03 bits per heavy atom. The first-order valence-electron chi connectivity index (χ1n) is 13.3. The molecule has 1 aromatic carbocycles. The number of hydrogen-bond donors (Lipinski definition) is 1. The van der Waals surface area contributed by atoms with E-state index in [9.17, 15) is 9.18 Å². The summed E-state index contributed by atoms with van der Waals surface area (Å²) in [6.07, 6.45) is 7.61. The van der Waals surface area contributed by atoms with Crippen molar-refractivity contribution < 1.29 is 9.13 Å². The highest BCUT2D eigenvalue weighted by atomic mass is 19.1. The highest BCUT2D eigenvalue weighted by Gasteiger charge is 2.31. The molecule has 36 heavy (non-hydrogen) atoms. The van der Waals surface area contributed by atoms with Crippen molar-refractivity contribution in [3.8, 4) is 16.9 Å². The Bertz CT molecular complexity index is 1180. The van der Waals surface area contributed by atoms with Crippen LogP contribution in [0, 0.1) is 5.92 Å². The quantitative estimate of drug-likeness (QED) is 0.411. The maximum atomic E-state index is 15.0. The smallest absolute Gasteiger partial charge is 0.260 e. The summed E-state index contributed by atoms with van der Waals surface area (Å²) in [4.78, 5) is 19.3. The van der Waals surface area contributed by atoms with E-state index in [1.54, 1.807) is 17.0 Å². The molecule has 7 heteroatoms. The standard InChI is InChI=1S/C29H39FN4O2/c1-4-5-15-34-19-26(24-11-14-32-17-25(24)29(34)35)22-6-8-23(9-7-22)36-28-12-16-33(20-27(28)30)18-21(2)10-13-31-3/h6-9,11,14,17,19,21,27-28,31H,4-5,10,12-13,15-16,18,20H2,1-3H3/t21?,27-,28-/m0/s1. The summed E-state index contributed by atoms with van der Waals surface area (Å²) in [5, 5.41) is 4.69. The molecule has 6 nitrogen and oxygen atoms in total. The molecule has 3 aromatic rings. The highest BCUT2D eigenvalue weighted by molar-refractivity contribution is 5.95. The van der Waals surface area contributed by atoms with Crippen molar-refractivity contribution in [1.82, 2.24) is 19.8 Å². The van der Waals surface area contributed by atoms with E-state index in [1.165, 1.54) is 0 Å². The number of pyridine rings is 2. The van der Waals surface area contributed by atoms with Gasteiger partial charge in [0.25, 0.3) is 5.56 Å². The molecule has 1 unspecified atom stereocenters. The average molecular weight is 495 g/mol. The van der Waals surface area contributed by atoms with Gasteiger partial charge in [0.2, 0.25) is 0 Å². The number of hydrogen-bond acceptors (Lipinski definition) is 5. The Morgan fingerprint density at radius 3 is 2.75 bits per heavy atom. The first kappa shape index (κ1) is 26.3. The zero-order chi connectivity index (χ0) is 25.5. The number of halogens is 1. The molecule has 1 N–H and O–H groups in total. The van der Waals surface area contributed by atoms with Crippen LogP contribution < -0.4 is 15.6 Å². The third kappa shape index (κ3) is 6.31. The van der Waals surface area contributed by atoms with Crippen molar-refractivity contribution >= 4 is 10.8 Å². The molecule has 4 rings (SSSR count). The Balaban J connectivity index is 1.45. The number of benzene rings is 1. The molecule has 194 valence electrons. The van der Waals surface area contributed by atoms with Gasteiger partial charge in [0, 0.05) is 50.3 Å². The second kappa shape index (κ2) is 12.5. The third-order valence-corrected chi connectivity index (χ3v) is 7.12. The Hall–Kier alpha value is -2.77. The van der Waals surface area contributed by atoms with E-state index >= 15 is 0 Å². The van der Waals surface area contributed by atoms with Crippen LogP contribution in [-0.2, 0) is 6.54 Å². The number of alkyl halides is 1. The number of nitrogens with one attached hydrogen (secondary N) is 1. The molecule has 1 aliphatic rings. The van der Waals surface area contributed by atoms with Gasteiger partial charge >= 0.3 is 0 Å². The van der Waals surface area contributed by atoms with Gasteiger partial charge in [0.05, 0.1) is 5.39 Å². The van der Waals surface area contributed by atoms with E-state index in [4.69, 9.17) is 4.74 Å². The lowest BCUT2D eigenvalue weighted by Gasteiger charge is -2.36. The number of fused-ring (bicyclic) bond motifs is 1. The van der Waals surface area contributed by atoms with Crippen molar-refractivity contribution in [2.45, 2.75) is 58.4 Å². The lowest BCUT2D eigenvalue weighted by molar-refractivity contribution is 0.0171. The topological polar surface area (TPSA) is 59.4 Å². The Labute approximate surface area is 213 Å². The van der Waals surface area contributed by atoms with Crippen molar-refractivity contribution in [2.24, 2.45) is 5.92 Å². The number of rotatable bonds is 11. The lowest BCUT2D eigenvalue weighted by Crippen LogP contribution is -2.48. The van der Waals surface area contributed by atoms with Gasteiger partial charge < -0.3 is 14.6 Å². The van der Waals surface area contributed by atoms with Crippen LogP contribution in [0.4, 0.5) is 4.39 Å². The van der Waals surface area contributed by atoms with Crippen LogP contribution >= 0.6 is 0 Å². The van der Waals surface area contributed by atoms with Crippen molar-refractivity contribution in [2.75, 3.05) is 33.2 Å². The minimum absolute atomic E-state index is 0.00740. The molecule has 0 aliphatic carbocycles. The summed E-state index contributed by atoms with van der Waals surface area (Å²) in [7, 11) is 1.96. The minimum Gasteiger partial charge on any atom is -0.487 e. The SMILES string of the molecule is CCCCn1cc(-c2ccc(O[C@H]3CCN(CC(C)CCNC)C[C@@H]3F)cc2)c2ccncc2c1=O. The van der Waals surface area contributed by atoms with E-state index in [0.29, 0.717) is 36.6 Å². The van der Waals surface area contributed by atoms with Crippen molar-refractivity contribution in [3.63, 3.8) is 0 Å². The molecule has 0 saturated carbocycles. The van der Waals surface area contributed by atoms with Crippen LogP contribution in [0.5, 0.6) is 5.75 Å². The Morgan fingerprint density at radius 1 is 1.22 bits per heavy atom. The summed E-state index contributed by atoms with van der Waals surface area (Å²) in [6, 6.07) is 9.68. The molecule has 1 fully saturated rings. The normalized spacial score (nSPS) is 19.4. The molecular weight excluding hydrogens is 455 g/mol. The van der Waals surface area contributed by atoms with E-state index in [0.717, 1.165) is 55.4 Å². The van der Waals surface area contributed by atoms with E-state index in [1.807, 2.05) is 43.6 Å². The number of aryl methyl sites for hydroxylation is 1. The van der Waals surface area contributed by atoms with Gasteiger partial charge in [-0.05, 0) is 67.9 Å². The maximum Gasteiger partial charge on any atom is 0.260 e. The fourth-order valence-electron chi connectivity index (χ4n) is 5.02. The molecular formula is C29H39FN4O2. The summed E-state index contributed by atoms with van der Waals surface area (Å²) < 4.78 is 22.8. The number of nitrogens with zero attached hydrogens (tertiary/aromatic N) is 3. The monoisotopic (exact) mass is 494 g/mol. The predicted octanol–water partition coefficient (Wildman–Crippen LogP) is 4.90. The van der Waals surface area contributed by atoms with Crippen LogP contribution in [0.2, 0.25) is 0 Å². The highest BCUT2D eigenvalue weighted by Crippen LogP contribution is 2.29. The summed E-state index contributed by atoms with van der Waals surface area (Å²) in [5.41, 5.74) is 1.97. The maximum absolute atomic E-state index is 15.0. The molecule has 0 amide bonds. The molecule has 1 saturated heterocycles. The molecule has 2 aromatic heterocycles. The van der Waals surface area contributed by atoms with Gasteiger partial charge in [0.15, 0.2) is 0 Å². The number of aromatic nitrogens is 2. The second-order valence-electron chi connectivity index (χ2n) is 10.1. The largest absolute Gasteiger partial charge is 0.487 e. The second-order valence-corrected chi connectivity index (χ2v) is 10.1. The first-order chi connectivity index (χ1) is 17.5. The van der Waals surface area contributed by atoms with Gasteiger partial charge in [-0.15, -0.1) is 0 Å².